The number of halogens is 1. The van der Waals surface area contributed by atoms with Crippen molar-refractivity contribution >= 4 is 32.3 Å². The molecule has 6 rings (SSSR count). The summed E-state index contributed by atoms with van der Waals surface area (Å²) in [5.74, 6) is -0.646. The van der Waals surface area contributed by atoms with E-state index in [0.29, 0.717) is 23.6 Å². The second-order valence-corrected chi connectivity index (χ2v) is 12.5. The SMILES string of the molecule is Cn1cc(-c2ccc(C(=O)N(c3nccc4cc(-c5ccc(S(C)(=O)=O)cc5)ccc34)[C@@H]3CCCNC3)c(F)c2)nn1. The van der Waals surface area contributed by atoms with Crippen LogP contribution in [0.25, 0.3) is 33.2 Å². The summed E-state index contributed by atoms with van der Waals surface area (Å²) in [6.07, 6.45) is 6.14. The number of hydrogen-bond donors (Lipinski definition) is 1. The van der Waals surface area contributed by atoms with Crippen LogP contribution in [-0.2, 0) is 16.9 Å². The monoisotopic (exact) mass is 584 g/mol. The third-order valence-electron chi connectivity index (χ3n) is 7.54. The molecule has 3 aromatic carbocycles. The molecule has 0 aliphatic carbocycles. The number of benzene rings is 3. The molecule has 214 valence electrons. The number of carbonyl (C=O) groups excluding carboxylic acids is 1. The van der Waals surface area contributed by atoms with E-state index in [-0.39, 0.29) is 16.5 Å². The second kappa shape index (κ2) is 11.1. The third kappa shape index (κ3) is 5.40. The Balaban J connectivity index is 1.40. The van der Waals surface area contributed by atoms with Crippen molar-refractivity contribution < 1.29 is 17.6 Å². The molecule has 0 radical (unpaired) electrons. The lowest BCUT2D eigenvalue weighted by Gasteiger charge is -2.34. The molecule has 11 heteroatoms. The lowest BCUT2D eigenvalue weighted by molar-refractivity contribution is 0.0968. The number of fused-ring (bicyclic) bond motifs is 1. The zero-order valence-electron chi connectivity index (χ0n) is 23.2. The highest BCUT2D eigenvalue weighted by atomic mass is 32.2. The second-order valence-electron chi connectivity index (χ2n) is 10.5. The number of aromatic nitrogens is 4. The van der Waals surface area contributed by atoms with Crippen molar-refractivity contribution in [2.75, 3.05) is 24.2 Å². The van der Waals surface area contributed by atoms with E-state index in [1.54, 1.807) is 54.7 Å². The Bertz CT molecular complexity index is 1900. The zero-order chi connectivity index (χ0) is 29.4. The van der Waals surface area contributed by atoms with Gasteiger partial charge in [-0.15, -0.1) is 5.10 Å². The zero-order valence-corrected chi connectivity index (χ0v) is 24.0. The Kier molecular flexibility index (Phi) is 7.29. The molecule has 3 heterocycles. The van der Waals surface area contributed by atoms with Gasteiger partial charge in [-0.25, -0.2) is 17.8 Å². The Morgan fingerprint density at radius 3 is 2.45 bits per heavy atom. The van der Waals surface area contributed by atoms with E-state index in [1.165, 1.54) is 23.1 Å². The van der Waals surface area contributed by atoms with Crippen LogP contribution in [0.15, 0.2) is 84.0 Å². The highest BCUT2D eigenvalue weighted by Crippen LogP contribution is 2.33. The van der Waals surface area contributed by atoms with Crippen LogP contribution in [0.3, 0.4) is 0 Å². The lowest BCUT2D eigenvalue weighted by Crippen LogP contribution is -2.49. The first-order valence-electron chi connectivity index (χ1n) is 13.6. The van der Waals surface area contributed by atoms with Crippen LogP contribution in [-0.4, -0.2) is 59.7 Å². The number of hydrogen-bond acceptors (Lipinski definition) is 7. The maximum atomic E-state index is 15.5. The highest BCUT2D eigenvalue weighted by Gasteiger charge is 2.31. The largest absolute Gasteiger partial charge is 0.315 e. The molecule has 1 atom stereocenters. The fourth-order valence-electron chi connectivity index (χ4n) is 5.37. The van der Waals surface area contributed by atoms with Gasteiger partial charge >= 0.3 is 0 Å². The number of aryl methyl sites for hydroxylation is 1. The van der Waals surface area contributed by atoms with Crippen molar-refractivity contribution in [2.45, 2.75) is 23.8 Å². The molecule has 1 amide bonds. The van der Waals surface area contributed by atoms with E-state index in [4.69, 9.17) is 0 Å². The molecular formula is C31H29FN6O3S. The van der Waals surface area contributed by atoms with Gasteiger partial charge in [-0.3, -0.25) is 14.4 Å². The molecule has 0 spiro atoms. The van der Waals surface area contributed by atoms with Crippen LogP contribution in [0, 0.1) is 5.82 Å². The van der Waals surface area contributed by atoms with E-state index in [9.17, 15) is 13.2 Å². The Labute approximate surface area is 242 Å². The summed E-state index contributed by atoms with van der Waals surface area (Å²) in [5, 5.41) is 12.9. The third-order valence-corrected chi connectivity index (χ3v) is 8.67. The number of nitrogens with zero attached hydrogens (tertiary/aromatic N) is 5. The van der Waals surface area contributed by atoms with Gasteiger partial charge in [0.25, 0.3) is 5.91 Å². The molecule has 1 aliphatic rings. The fourth-order valence-corrected chi connectivity index (χ4v) is 6.00. The van der Waals surface area contributed by atoms with Crippen LogP contribution in [0.2, 0.25) is 0 Å². The summed E-state index contributed by atoms with van der Waals surface area (Å²) in [7, 11) is -1.56. The van der Waals surface area contributed by atoms with Crippen LogP contribution in [0.5, 0.6) is 0 Å². The quantitative estimate of drug-likeness (QED) is 0.310. The van der Waals surface area contributed by atoms with Crippen molar-refractivity contribution in [3.05, 3.63) is 90.5 Å². The molecule has 1 aliphatic heterocycles. The van der Waals surface area contributed by atoms with Gasteiger partial charge in [0.1, 0.15) is 17.3 Å². The molecule has 42 heavy (non-hydrogen) atoms. The lowest BCUT2D eigenvalue weighted by atomic mass is 9.99. The van der Waals surface area contributed by atoms with Crippen molar-refractivity contribution in [1.29, 1.82) is 0 Å². The first-order chi connectivity index (χ1) is 20.2. The van der Waals surface area contributed by atoms with E-state index in [2.05, 4.69) is 20.6 Å². The Hall–Kier alpha value is -4.48. The minimum atomic E-state index is -3.30. The van der Waals surface area contributed by atoms with Gasteiger partial charge in [0.05, 0.1) is 22.7 Å². The molecule has 0 saturated carbocycles. The molecule has 9 nitrogen and oxygen atoms in total. The Morgan fingerprint density at radius 2 is 1.79 bits per heavy atom. The number of amides is 1. The summed E-state index contributed by atoms with van der Waals surface area (Å²) in [6, 6.07) is 18.7. The number of rotatable bonds is 6. The van der Waals surface area contributed by atoms with Crippen LogP contribution < -0.4 is 10.2 Å². The number of sulfone groups is 1. The van der Waals surface area contributed by atoms with Gasteiger partial charge in [-0.05, 0) is 72.3 Å². The number of pyridine rings is 1. The van der Waals surface area contributed by atoms with Crippen molar-refractivity contribution in [1.82, 2.24) is 25.3 Å². The summed E-state index contributed by atoms with van der Waals surface area (Å²) in [5.41, 5.74) is 2.75. The molecule has 5 aromatic rings. The van der Waals surface area contributed by atoms with Gasteiger partial charge in [0.15, 0.2) is 9.84 Å². The van der Waals surface area contributed by atoms with Crippen LogP contribution >= 0.6 is 0 Å². The van der Waals surface area contributed by atoms with Crippen molar-refractivity contribution in [3.8, 4) is 22.4 Å². The molecule has 1 fully saturated rings. The topological polar surface area (TPSA) is 110 Å². The van der Waals surface area contributed by atoms with Gasteiger partial charge in [-0.1, -0.05) is 35.5 Å². The predicted octanol–water partition coefficient (Wildman–Crippen LogP) is 4.64. The van der Waals surface area contributed by atoms with E-state index in [0.717, 1.165) is 41.3 Å². The molecular weight excluding hydrogens is 555 g/mol. The number of nitrogens with one attached hydrogen (secondary N) is 1. The van der Waals surface area contributed by atoms with E-state index < -0.39 is 21.6 Å². The molecule has 1 saturated heterocycles. The number of anilines is 1. The maximum Gasteiger partial charge on any atom is 0.262 e. The first-order valence-corrected chi connectivity index (χ1v) is 15.5. The maximum absolute atomic E-state index is 15.5. The van der Waals surface area contributed by atoms with E-state index in [1.807, 2.05) is 24.3 Å². The summed E-state index contributed by atoms with van der Waals surface area (Å²) in [6.45, 7) is 1.41. The van der Waals surface area contributed by atoms with E-state index >= 15 is 4.39 Å². The Morgan fingerprint density at radius 1 is 1.02 bits per heavy atom. The van der Waals surface area contributed by atoms with Crippen LogP contribution in [0.1, 0.15) is 23.2 Å². The molecule has 0 unspecified atom stereocenters. The van der Waals surface area contributed by atoms with Crippen molar-refractivity contribution in [3.63, 3.8) is 0 Å². The number of carbonyl (C=O) groups is 1. The minimum Gasteiger partial charge on any atom is -0.315 e. The van der Waals surface area contributed by atoms with Gasteiger partial charge in [0, 0.05) is 37.0 Å². The summed E-state index contributed by atoms with van der Waals surface area (Å²) >= 11 is 0. The standard InChI is InChI=1S/C31H29FN6O3S/c1-37-19-29(35-36-37)23-8-12-27(28(32)17-23)31(39)38(24-4-3-14-33-18-24)30-26-11-7-21(16-22(26)13-15-34-30)20-5-9-25(10-6-20)42(2,40)41/h5-13,15-17,19,24,33H,3-4,14,18H2,1-2H3/t24-/m1/s1. The molecule has 0 bridgehead atoms. The predicted molar refractivity (Wildman–Crippen MR) is 159 cm³/mol. The molecule has 2 aromatic heterocycles. The fraction of sp³-hybridized carbons (Fsp3) is 0.226. The van der Waals surface area contributed by atoms with Crippen LogP contribution in [0.4, 0.5) is 10.2 Å². The van der Waals surface area contributed by atoms with Gasteiger partial charge in [-0.2, -0.15) is 0 Å². The first kappa shape index (κ1) is 27.7. The molecule has 1 N–H and O–H groups in total. The summed E-state index contributed by atoms with van der Waals surface area (Å²) < 4.78 is 40.8. The van der Waals surface area contributed by atoms with Crippen molar-refractivity contribution in [2.24, 2.45) is 7.05 Å². The van der Waals surface area contributed by atoms with Gasteiger partial charge in [0.2, 0.25) is 0 Å². The summed E-state index contributed by atoms with van der Waals surface area (Å²) in [4.78, 5) is 20.6. The average molecular weight is 585 g/mol. The van der Waals surface area contributed by atoms with Gasteiger partial charge < -0.3 is 5.32 Å². The average Bonchev–Trinajstić information content (AvgIpc) is 3.43. The highest BCUT2D eigenvalue weighted by molar-refractivity contribution is 7.90. The smallest absolute Gasteiger partial charge is 0.262 e. The normalized spacial score (nSPS) is 15.5. The number of piperidine rings is 1. The minimum absolute atomic E-state index is 0.0467.